The van der Waals surface area contributed by atoms with Crippen molar-refractivity contribution in [2.24, 2.45) is 4.99 Å². The van der Waals surface area contributed by atoms with Crippen LogP contribution in [0.1, 0.15) is 23.3 Å². The minimum atomic E-state index is 0.0257. The van der Waals surface area contributed by atoms with Crippen molar-refractivity contribution in [3.63, 3.8) is 0 Å². The second-order valence-corrected chi connectivity index (χ2v) is 5.65. The lowest BCUT2D eigenvalue weighted by Crippen LogP contribution is -2.43. The minimum absolute atomic E-state index is 0.0257. The molecule has 1 fully saturated rings. The zero-order valence-electron chi connectivity index (χ0n) is 11.3. The maximum atomic E-state index is 11.5. The first-order chi connectivity index (χ1) is 9.19. The van der Waals surface area contributed by atoms with Gasteiger partial charge in [0.25, 0.3) is 0 Å². The lowest BCUT2D eigenvalue weighted by Gasteiger charge is -2.11. The van der Waals surface area contributed by atoms with Gasteiger partial charge in [-0.2, -0.15) is 0 Å². The fourth-order valence-corrected chi connectivity index (χ4v) is 2.49. The number of thiophene rings is 1. The van der Waals surface area contributed by atoms with Crippen molar-refractivity contribution in [3.8, 4) is 0 Å². The van der Waals surface area contributed by atoms with E-state index >= 15 is 0 Å². The highest BCUT2D eigenvalue weighted by Crippen LogP contribution is 2.18. The summed E-state index contributed by atoms with van der Waals surface area (Å²) in [6, 6.07) is 2.50. The number of aryl methyl sites for hydroxylation is 1. The molecule has 0 bridgehead atoms. The van der Waals surface area contributed by atoms with E-state index in [4.69, 9.17) is 0 Å². The molecule has 0 aromatic carbocycles. The molecule has 1 aromatic rings. The summed E-state index contributed by atoms with van der Waals surface area (Å²) in [5.41, 5.74) is 1.28. The van der Waals surface area contributed by atoms with Gasteiger partial charge in [-0.25, -0.2) is 0 Å². The van der Waals surface area contributed by atoms with Crippen LogP contribution in [0.25, 0.3) is 0 Å². The predicted octanol–water partition coefficient (Wildman–Crippen LogP) is 1.00. The summed E-state index contributed by atoms with van der Waals surface area (Å²) in [4.78, 5) is 16.9. The third kappa shape index (κ3) is 4.55. The smallest absolute Gasteiger partial charge is 0.239 e. The zero-order valence-corrected chi connectivity index (χ0v) is 12.1. The molecule has 1 saturated carbocycles. The Balaban J connectivity index is 1.71. The Morgan fingerprint density at radius 2 is 2.26 bits per heavy atom. The van der Waals surface area contributed by atoms with Crippen LogP contribution >= 0.6 is 11.3 Å². The highest BCUT2D eigenvalue weighted by Gasteiger charge is 2.22. The molecule has 1 aliphatic carbocycles. The van der Waals surface area contributed by atoms with Gasteiger partial charge >= 0.3 is 0 Å². The van der Waals surface area contributed by atoms with Gasteiger partial charge in [-0.1, -0.05) is 0 Å². The summed E-state index contributed by atoms with van der Waals surface area (Å²) in [6.45, 7) is 3.08. The largest absolute Gasteiger partial charge is 0.352 e. The van der Waals surface area contributed by atoms with Crippen LogP contribution in [0.4, 0.5) is 0 Å². The Labute approximate surface area is 117 Å². The summed E-state index contributed by atoms with van der Waals surface area (Å²) < 4.78 is 0. The van der Waals surface area contributed by atoms with Crippen molar-refractivity contribution in [1.29, 1.82) is 0 Å². The van der Waals surface area contributed by atoms with Crippen molar-refractivity contribution in [2.45, 2.75) is 32.4 Å². The summed E-state index contributed by atoms with van der Waals surface area (Å²) >= 11 is 1.72. The Hall–Kier alpha value is -1.56. The van der Waals surface area contributed by atoms with Crippen LogP contribution < -0.4 is 16.0 Å². The second kappa shape index (κ2) is 6.56. The van der Waals surface area contributed by atoms with Crippen molar-refractivity contribution < 1.29 is 4.79 Å². The summed E-state index contributed by atoms with van der Waals surface area (Å²) in [5.74, 6) is 0.677. The van der Waals surface area contributed by atoms with Crippen molar-refractivity contribution in [3.05, 3.63) is 21.9 Å². The van der Waals surface area contributed by atoms with Crippen LogP contribution in [0.5, 0.6) is 0 Å². The number of hydrogen-bond donors (Lipinski definition) is 3. The van der Waals surface area contributed by atoms with E-state index in [1.54, 1.807) is 18.4 Å². The molecule has 0 saturated heterocycles. The monoisotopic (exact) mass is 280 g/mol. The van der Waals surface area contributed by atoms with Crippen LogP contribution in [-0.2, 0) is 11.3 Å². The number of rotatable bonds is 5. The number of amides is 1. The van der Waals surface area contributed by atoms with Gasteiger partial charge in [-0.05, 0) is 36.8 Å². The topological polar surface area (TPSA) is 65.5 Å². The molecule has 19 heavy (non-hydrogen) atoms. The number of carbonyl (C=O) groups is 1. The van der Waals surface area contributed by atoms with Gasteiger partial charge in [-0.15, -0.1) is 11.3 Å². The molecule has 0 unspecified atom stereocenters. The Bertz CT molecular complexity index is 465. The normalized spacial score (nSPS) is 15.2. The SMILES string of the molecule is CN=C(NCC(=O)NC1CC1)NCc1sccc1C. The van der Waals surface area contributed by atoms with E-state index in [-0.39, 0.29) is 12.5 Å². The third-order valence-corrected chi connectivity index (χ3v) is 3.99. The predicted molar refractivity (Wildman–Crippen MR) is 78.4 cm³/mol. The van der Waals surface area contributed by atoms with Crippen LogP contribution in [0, 0.1) is 6.92 Å². The Morgan fingerprint density at radius 3 is 2.84 bits per heavy atom. The third-order valence-electron chi connectivity index (χ3n) is 2.97. The van der Waals surface area contributed by atoms with Crippen molar-refractivity contribution in [1.82, 2.24) is 16.0 Å². The van der Waals surface area contributed by atoms with Gasteiger partial charge < -0.3 is 16.0 Å². The Morgan fingerprint density at radius 1 is 1.47 bits per heavy atom. The fraction of sp³-hybridized carbons (Fsp3) is 0.538. The number of hydrogen-bond acceptors (Lipinski definition) is 3. The molecule has 2 rings (SSSR count). The molecule has 0 radical (unpaired) electrons. The summed E-state index contributed by atoms with van der Waals surface area (Å²) in [6.07, 6.45) is 2.22. The first-order valence-corrected chi connectivity index (χ1v) is 7.34. The number of carbonyl (C=O) groups excluding carboxylic acids is 1. The molecule has 5 nitrogen and oxygen atoms in total. The molecule has 1 heterocycles. The van der Waals surface area contributed by atoms with E-state index in [9.17, 15) is 4.79 Å². The van der Waals surface area contributed by atoms with Crippen LogP contribution in [0.15, 0.2) is 16.4 Å². The number of nitrogens with zero attached hydrogens (tertiary/aromatic N) is 1. The highest BCUT2D eigenvalue weighted by molar-refractivity contribution is 7.10. The van der Waals surface area contributed by atoms with E-state index in [0.29, 0.717) is 12.0 Å². The summed E-state index contributed by atoms with van der Waals surface area (Å²) in [7, 11) is 1.70. The van der Waals surface area contributed by atoms with E-state index in [2.05, 4.69) is 39.3 Å². The molecule has 104 valence electrons. The quantitative estimate of drug-likeness (QED) is 0.557. The van der Waals surface area contributed by atoms with Crippen molar-refractivity contribution in [2.75, 3.05) is 13.6 Å². The second-order valence-electron chi connectivity index (χ2n) is 4.65. The fourth-order valence-electron chi connectivity index (χ4n) is 1.64. The maximum absolute atomic E-state index is 11.5. The molecular weight excluding hydrogens is 260 g/mol. The van der Waals surface area contributed by atoms with Gasteiger partial charge in [0, 0.05) is 18.0 Å². The van der Waals surface area contributed by atoms with Crippen LogP contribution in [0.3, 0.4) is 0 Å². The number of nitrogens with one attached hydrogen (secondary N) is 3. The van der Waals surface area contributed by atoms with E-state index < -0.39 is 0 Å². The number of aliphatic imine (C=N–C) groups is 1. The molecule has 1 aromatic heterocycles. The van der Waals surface area contributed by atoms with Gasteiger partial charge in [0.1, 0.15) is 0 Å². The van der Waals surface area contributed by atoms with Crippen molar-refractivity contribution >= 4 is 23.2 Å². The lowest BCUT2D eigenvalue weighted by molar-refractivity contribution is -0.120. The molecule has 6 heteroatoms. The lowest BCUT2D eigenvalue weighted by atomic mass is 10.3. The number of guanidine groups is 1. The molecule has 1 amide bonds. The van der Waals surface area contributed by atoms with Gasteiger partial charge in [-0.3, -0.25) is 9.79 Å². The zero-order chi connectivity index (χ0) is 13.7. The standard InChI is InChI=1S/C13H20N4OS/c1-9-5-6-19-11(9)7-15-13(14-2)16-8-12(18)17-10-3-4-10/h5-6,10H,3-4,7-8H2,1-2H3,(H,17,18)(H2,14,15,16). The maximum Gasteiger partial charge on any atom is 0.239 e. The van der Waals surface area contributed by atoms with Gasteiger partial charge in [0.05, 0.1) is 13.1 Å². The van der Waals surface area contributed by atoms with Crippen LogP contribution in [0.2, 0.25) is 0 Å². The van der Waals surface area contributed by atoms with Crippen LogP contribution in [-0.4, -0.2) is 31.5 Å². The average molecular weight is 280 g/mol. The molecule has 0 aliphatic heterocycles. The van der Waals surface area contributed by atoms with E-state index in [0.717, 1.165) is 19.4 Å². The first kappa shape index (κ1) is 13.9. The Kier molecular flexibility index (Phi) is 4.79. The summed E-state index contributed by atoms with van der Waals surface area (Å²) in [5, 5.41) is 11.2. The highest BCUT2D eigenvalue weighted by atomic mass is 32.1. The molecule has 0 spiro atoms. The van der Waals surface area contributed by atoms with E-state index in [1.165, 1.54) is 10.4 Å². The average Bonchev–Trinajstić information content (AvgIpc) is 3.11. The molecule has 0 atom stereocenters. The minimum Gasteiger partial charge on any atom is -0.352 e. The molecule has 3 N–H and O–H groups in total. The van der Waals surface area contributed by atoms with Gasteiger partial charge in [0.2, 0.25) is 5.91 Å². The first-order valence-electron chi connectivity index (χ1n) is 6.46. The van der Waals surface area contributed by atoms with E-state index in [1.807, 2.05) is 0 Å². The van der Waals surface area contributed by atoms with Gasteiger partial charge in [0.15, 0.2) is 5.96 Å². The molecule has 1 aliphatic rings. The molecular formula is C13H20N4OS.